The van der Waals surface area contributed by atoms with E-state index in [2.05, 4.69) is 40.2 Å². The predicted octanol–water partition coefficient (Wildman–Crippen LogP) is 7.20. The topological polar surface area (TPSA) is 154 Å². The molecule has 0 aliphatic carbocycles. The molecule has 0 spiro atoms. The first-order valence-corrected chi connectivity index (χ1v) is 24.8. The van der Waals surface area contributed by atoms with E-state index in [0.29, 0.717) is 113 Å². The van der Waals surface area contributed by atoms with Crippen molar-refractivity contribution in [2.24, 2.45) is 0 Å². The van der Waals surface area contributed by atoms with Crippen LogP contribution in [0.2, 0.25) is 0 Å². The van der Waals surface area contributed by atoms with Crippen LogP contribution in [0.25, 0.3) is 21.8 Å². The summed E-state index contributed by atoms with van der Waals surface area (Å²) in [5, 5.41) is 7.04. The van der Waals surface area contributed by atoms with Gasteiger partial charge in [0.25, 0.3) is 0 Å². The Morgan fingerprint density at radius 2 is 0.865 bits per heavy atom. The van der Waals surface area contributed by atoms with E-state index >= 15 is 8.78 Å². The molecule has 18 nitrogen and oxygen atoms in total. The van der Waals surface area contributed by atoms with Crippen molar-refractivity contribution < 1.29 is 36.6 Å². The fourth-order valence-corrected chi connectivity index (χ4v) is 9.68. The van der Waals surface area contributed by atoms with Crippen LogP contribution in [0.15, 0.2) is 60.7 Å². The van der Waals surface area contributed by atoms with Crippen molar-refractivity contribution in [2.75, 3.05) is 163 Å². The molecule has 74 heavy (non-hydrogen) atoms. The number of hydrogen-bond donors (Lipinski definition) is 2. The number of carbonyl (C=O) groups is 2. The Morgan fingerprint density at radius 3 is 1.22 bits per heavy atom. The summed E-state index contributed by atoms with van der Waals surface area (Å²) in [5.74, 6) is 1.21. The summed E-state index contributed by atoms with van der Waals surface area (Å²) in [5.41, 5.74) is 2.88. The first-order chi connectivity index (χ1) is 35.6. The van der Waals surface area contributed by atoms with E-state index < -0.39 is 23.3 Å². The maximum absolute atomic E-state index is 15.1. The molecule has 0 bridgehead atoms. The Hall–Kier alpha value is -7.46. The molecule has 2 aromatic carbocycles. The number of rotatable bonds is 8. The molecular formula is C52H62F4N14O4. The molecule has 392 valence electrons. The summed E-state index contributed by atoms with van der Waals surface area (Å²) in [6.45, 7) is 13.6. The molecule has 10 rings (SSSR count). The van der Waals surface area contributed by atoms with Gasteiger partial charge >= 0.3 is 12.1 Å². The van der Waals surface area contributed by atoms with Crippen molar-refractivity contribution >= 4 is 80.2 Å². The SMILES string of the molecule is Cc1c(N2CCN(C(=O)N(C)C)CC2)nc2cc(F)cc(F)c2c1Nc1cccc(N2CCOCC2)n1.Cc1c(N2CCN(C(=O)N(C)C)CC2)nc2cc(F)cc(F)c2c1Nc1cccc(N2CCOCC2)n1. The molecule has 4 fully saturated rings. The molecule has 4 aliphatic heterocycles. The van der Waals surface area contributed by atoms with Crippen LogP contribution >= 0.6 is 0 Å². The van der Waals surface area contributed by atoms with Gasteiger partial charge in [0.05, 0.1) is 59.6 Å². The van der Waals surface area contributed by atoms with Gasteiger partial charge in [0.1, 0.15) is 58.2 Å². The van der Waals surface area contributed by atoms with E-state index in [4.69, 9.17) is 19.4 Å². The molecule has 4 saturated heterocycles. The van der Waals surface area contributed by atoms with Crippen LogP contribution in [0.3, 0.4) is 0 Å². The molecule has 0 radical (unpaired) electrons. The zero-order valence-corrected chi connectivity index (χ0v) is 42.6. The normalized spacial score (nSPS) is 16.3. The first-order valence-electron chi connectivity index (χ1n) is 24.8. The number of benzene rings is 2. The van der Waals surface area contributed by atoms with Crippen LogP contribution in [0.1, 0.15) is 11.1 Å². The van der Waals surface area contributed by atoms with Gasteiger partial charge in [0.2, 0.25) is 0 Å². The second-order valence-electron chi connectivity index (χ2n) is 18.9. The van der Waals surface area contributed by atoms with E-state index in [1.807, 2.05) is 50.2 Å². The Kier molecular flexibility index (Phi) is 15.5. The predicted molar refractivity (Wildman–Crippen MR) is 280 cm³/mol. The molecule has 2 N–H and O–H groups in total. The van der Waals surface area contributed by atoms with E-state index in [0.717, 1.165) is 61.1 Å². The van der Waals surface area contributed by atoms with Crippen molar-refractivity contribution in [1.82, 2.24) is 39.5 Å². The molecule has 8 heterocycles. The maximum Gasteiger partial charge on any atom is 0.319 e. The lowest BCUT2D eigenvalue weighted by molar-refractivity contribution is 0.122. The Balaban J connectivity index is 0.000000182. The van der Waals surface area contributed by atoms with Gasteiger partial charge in [-0.15, -0.1) is 0 Å². The number of nitrogens with zero attached hydrogens (tertiary/aromatic N) is 12. The van der Waals surface area contributed by atoms with Crippen molar-refractivity contribution in [3.8, 4) is 0 Å². The Morgan fingerprint density at radius 1 is 0.500 bits per heavy atom. The van der Waals surface area contributed by atoms with E-state index in [9.17, 15) is 18.4 Å². The summed E-state index contributed by atoms with van der Waals surface area (Å²) in [6.07, 6.45) is 0. The Bertz CT molecular complexity index is 2810. The molecule has 4 aromatic heterocycles. The van der Waals surface area contributed by atoms with Gasteiger partial charge in [0.15, 0.2) is 0 Å². The fourth-order valence-electron chi connectivity index (χ4n) is 9.68. The van der Waals surface area contributed by atoms with Crippen molar-refractivity contribution in [3.63, 3.8) is 0 Å². The number of amides is 4. The third kappa shape index (κ3) is 11.2. The lowest BCUT2D eigenvalue weighted by Crippen LogP contribution is -2.51. The monoisotopic (exact) mass is 1020 g/mol. The molecule has 6 aromatic rings. The van der Waals surface area contributed by atoms with Gasteiger partial charge in [-0.3, -0.25) is 0 Å². The molecule has 0 saturated carbocycles. The molecule has 4 aliphatic rings. The van der Waals surface area contributed by atoms with Crippen LogP contribution in [0, 0.1) is 37.1 Å². The van der Waals surface area contributed by atoms with Gasteiger partial charge in [-0.25, -0.2) is 47.1 Å². The summed E-state index contributed by atoms with van der Waals surface area (Å²) in [7, 11) is 6.92. The summed E-state index contributed by atoms with van der Waals surface area (Å²) >= 11 is 0. The zero-order valence-electron chi connectivity index (χ0n) is 42.6. The minimum atomic E-state index is -0.689. The van der Waals surface area contributed by atoms with Crippen molar-refractivity contribution in [1.29, 1.82) is 0 Å². The highest BCUT2D eigenvalue weighted by Crippen LogP contribution is 2.39. The second kappa shape index (κ2) is 22.3. The van der Waals surface area contributed by atoms with E-state index in [1.165, 1.54) is 12.1 Å². The maximum atomic E-state index is 15.1. The lowest BCUT2D eigenvalue weighted by atomic mass is 10.1. The summed E-state index contributed by atoms with van der Waals surface area (Å²) < 4.78 is 69.6. The largest absolute Gasteiger partial charge is 0.378 e. The van der Waals surface area contributed by atoms with Crippen LogP contribution in [0.4, 0.5) is 73.4 Å². The second-order valence-corrected chi connectivity index (χ2v) is 18.9. The van der Waals surface area contributed by atoms with Gasteiger partial charge in [-0.05, 0) is 38.1 Å². The average Bonchev–Trinajstić information content (AvgIpc) is 3.40. The summed E-state index contributed by atoms with van der Waals surface area (Å²) in [4.78, 5) is 58.6. The number of ether oxygens (including phenoxy) is 2. The van der Waals surface area contributed by atoms with Gasteiger partial charge in [-0.2, -0.15) is 0 Å². The fraction of sp³-hybridized carbons (Fsp3) is 0.423. The van der Waals surface area contributed by atoms with Gasteiger partial charge in [-0.1, -0.05) is 12.1 Å². The van der Waals surface area contributed by atoms with Crippen LogP contribution in [-0.4, -0.2) is 185 Å². The number of morpholine rings is 2. The van der Waals surface area contributed by atoms with E-state index in [-0.39, 0.29) is 33.9 Å². The number of fused-ring (bicyclic) bond motifs is 2. The third-order valence-electron chi connectivity index (χ3n) is 13.6. The number of carbonyl (C=O) groups excluding carboxylic acids is 2. The van der Waals surface area contributed by atoms with Crippen molar-refractivity contribution in [3.05, 3.63) is 95.1 Å². The highest BCUT2D eigenvalue weighted by molar-refractivity contribution is 5.99. The number of nitrogens with one attached hydrogen (secondary N) is 2. The Labute approximate surface area is 427 Å². The van der Waals surface area contributed by atoms with Gasteiger partial charge < -0.3 is 59.3 Å². The molecular weight excluding hydrogens is 961 g/mol. The average molecular weight is 1020 g/mol. The molecule has 0 unspecified atom stereocenters. The first kappa shape index (κ1) is 51.4. The molecule has 4 amide bonds. The smallest absolute Gasteiger partial charge is 0.319 e. The van der Waals surface area contributed by atoms with Crippen LogP contribution in [0.5, 0.6) is 0 Å². The number of aromatic nitrogens is 4. The number of halogens is 4. The standard InChI is InChI=1S/2C26H31F2N7O2/c2*1-17-24(31-21-5-4-6-22(30-21)33-11-13-37-14-12-33)23-19(28)15-18(27)16-20(23)29-25(17)34-7-9-35(10-8-34)26(36)32(2)3/h2*4-6,15-16H,7-14H2,1-3H3,(H,29,30,31). The highest BCUT2D eigenvalue weighted by Gasteiger charge is 2.29. The highest BCUT2D eigenvalue weighted by atomic mass is 19.1. The number of hydrogen-bond acceptors (Lipinski definition) is 14. The van der Waals surface area contributed by atoms with Crippen molar-refractivity contribution in [2.45, 2.75) is 13.8 Å². The van der Waals surface area contributed by atoms with Gasteiger partial charge in [0, 0.05) is 142 Å². The number of piperazine rings is 2. The summed E-state index contributed by atoms with van der Waals surface area (Å²) in [6, 6.07) is 15.5. The number of anilines is 8. The minimum absolute atomic E-state index is 0.0411. The molecule has 22 heteroatoms. The quantitative estimate of drug-likeness (QED) is 0.148. The minimum Gasteiger partial charge on any atom is -0.378 e. The number of pyridine rings is 4. The zero-order chi connectivity index (χ0) is 52.2. The van der Waals surface area contributed by atoms with Crippen LogP contribution in [-0.2, 0) is 9.47 Å². The third-order valence-corrected chi connectivity index (χ3v) is 13.6. The molecule has 0 atom stereocenters. The lowest BCUT2D eigenvalue weighted by Gasteiger charge is -2.37. The number of urea groups is 2. The van der Waals surface area contributed by atoms with E-state index in [1.54, 1.807) is 47.8 Å². The van der Waals surface area contributed by atoms with Crippen LogP contribution < -0.4 is 30.2 Å².